The molecule has 0 saturated carbocycles. The van der Waals surface area contributed by atoms with Crippen molar-refractivity contribution in [2.75, 3.05) is 9.80 Å². The molecule has 0 spiro atoms. The molecule has 0 radical (unpaired) electrons. The fraction of sp³-hybridized carbons (Fsp3) is 0.235. The molecular formula is C68H63BN2S2. The van der Waals surface area contributed by atoms with E-state index in [9.17, 15) is 0 Å². The molecule has 4 heterocycles. The van der Waals surface area contributed by atoms with E-state index in [0.717, 1.165) is 19.3 Å². The number of hydrogen-bond donors (Lipinski definition) is 0. The Morgan fingerprint density at radius 1 is 0.411 bits per heavy atom. The molecule has 0 N–H and O–H groups in total. The van der Waals surface area contributed by atoms with E-state index in [1.54, 1.807) is 0 Å². The van der Waals surface area contributed by atoms with Crippen LogP contribution in [0.1, 0.15) is 104 Å². The predicted molar refractivity (Wildman–Crippen MR) is 324 cm³/mol. The normalized spacial score (nSPS) is 13.7. The third-order valence-corrected chi connectivity index (χ3v) is 20.3. The standard InChI is InChI=1S/C68H63BN2S2/c1-11-66(5,6)42-29-34-45(35-30-42)70-56-26-19-27-57-61(56)69(64-62(70)54-38-43(67(7,8)12-2)31-36-58(54)72-64)65-63(55-39-44(68(9,10)13-3)32-37-59(55)73-65)71(57)46-33-28-41(4)53(40-46)52-25-18-24-51-49-21-15-14-20-47(49)48-22-16-17-23-50(48)60(51)52/h14-40H,11-13H2,1-10H3. The topological polar surface area (TPSA) is 6.48 Å². The molecule has 5 heteroatoms. The highest BCUT2D eigenvalue weighted by Crippen LogP contribution is 2.52. The first-order valence-electron chi connectivity index (χ1n) is 26.6. The van der Waals surface area contributed by atoms with Crippen LogP contribution in [0, 0.1) is 6.92 Å². The van der Waals surface area contributed by atoms with E-state index in [2.05, 4.69) is 243 Å². The van der Waals surface area contributed by atoms with Gasteiger partial charge in [0.15, 0.2) is 0 Å². The molecule has 11 aromatic rings. The second-order valence-electron chi connectivity index (χ2n) is 22.9. The molecular weight excluding hydrogens is 920 g/mol. The van der Waals surface area contributed by atoms with Crippen molar-refractivity contribution in [1.82, 2.24) is 0 Å². The number of aryl methyl sites for hydroxylation is 1. The molecule has 2 aromatic heterocycles. The zero-order valence-corrected chi connectivity index (χ0v) is 45.6. The largest absolute Gasteiger partial charge is 0.310 e. The molecule has 0 atom stereocenters. The molecule has 0 amide bonds. The van der Waals surface area contributed by atoms with Crippen molar-refractivity contribution in [1.29, 1.82) is 0 Å². The van der Waals surface area contributed by atoms with Crippen LogP contribution in [0.3, 0.4) is 0 Å². The van der Waals surface area contributed by atoms with Gasteiger partial charge in [-0.1, -0.05) is 165 Å². The van der Waals surface area contributed by atoms with Crippen LogP contribution in [0.15, 0.2) is 164 Å². The van der Waals surface area contributed by atoms with Crippen molar-refractivity contribution in [2.45, 2.75) is 105 Å². The Labute approximate surface area is 440 Å². The second-order valence-corrected chi connectivity index (χ2v) is 25.1. The van der Waals surface area contributed by atoms with Crippen LogP contribution in [-0.4, -0.2) is 6.71 Å². The van der Waals surface area contributed by atoms with Crippen LogP contribution in [0.25, 0.3) is 63.6 Å². The van der Waals surface area contributed by atoms with Crippen LogP contribution in [-0.2, 0) is 16.2 Å². The summed E-state index contributed by atoms with van der Waals surface area (Å²) in [4.78, 5) is 5.30. The Balaban J connectivity index is 1.11. The van der Waals surface area contributed by atoms with Crippen molar-refractivity contribution in [3.05, 3.63) is 186 Å². The van der Waals surface area contributed by atoms with Gasteiger partial charge in [-0.2, -0.15) is 0 Å². The van der Waals surface area contributed by atoms with E-state index in [1.165, 1.54) is 135 Å². The van der Waals surface area contributed by atoms with E-state index in [4.69, 9.17) is 0 Å². The molecule has 13 rings (SSSR count). The first kappa shape index (κ1) is 46.2. The lowest BCUT2D eigenvalue weighted by atomic mass is 9.39. The number of anilines is 6. The van der Waals surface area contributed by atoms with Crippen LogP contribution >= 0.6 is 22.7 Å². The third kappa shape index (κ3) is 6.87. The molecule has 2 aliphatic rings. The average molecular weight is 983 g/mol. The van der Waals surface area contributed by atoms with Crippen molar-refractivity contribution < 1.29 is 0 Å². The zero-order valence-electron chi connectivity index (χ0n) is 44.0. The van der Waals surface area contributed by atoms with Gasteiger partial charge in [0.25, 0.3) is 6.71 Å². The Morgan fingerprint density at radius 2 is 0.849 bits per heavy atom. The van der Waals surface area contributed by atoms with Gasteiger partial charge in [0, 0.05) is 52.5 Å². The summed E-state index contributed by atoms with van der Waals surface area (Å²) in [5.41, 5.74) is 17.1. The molecule has 360 valence electrons. The molecule has 0 aliphatic carbocycles. The summed E-state index contributed by atoms with van der Waals surface area (Å²) in [5, 5.41) is 10.5. The van der Waals surface area contributed by atoms with Gasteiger partial charge >= 0.3 is 0 Å². The number of nitrogens with zero attached hydrogens (tertiary/aromatic N) is 2. The Morgan fingerprint density at radius 3 is 1.38 bits per heavy atom. The van der Waals surface area contributed by atoms with E-state index >= 15 is 0 Å². The minimum atomic E-state index is 0.0295. The summed E-state index contributed by atoms with van der Waals surface area (Å²) in [5.74, 6) is 0. The highest BCUT2D eigenvalue weighted by Gasteiger charge is 2.47. The lowest BCUT2D eigenvalue weighted by Crippen LogP contribution is -2.59. The summed E-state index contributed by atoms with van der Waals surface area (Å²) >= 11 is 4.01. The first-order valence-corrected chi connectivity index (χ1v) is 28.3. The quantitative estimate of drug-likeness (QED) is 0.105. The number of thiophene rings is 2. The maximum Gasteiger partial charge on any atom is 0.277 e. The minimum Gasteiger partial charge on any atom is -0.310 e. The molecule has 0 fully saturated rings. The number of benzene rings is 9. The molecule has 73 heavy (non-hydrogen) atoms. The van der Waals surface area contributed by atoms with Crippen LogP contribution < -0.4 is 24.8 Å². The van der Waals surface area contributed by atoms with Crippen LogP contribution in [0.4, 0.5) is 34.1 Å². The maximum atomic E-state index is 2.67. The molecule has 0 saturated heterocycles. The van der Waals surface area contributed by atoms with Gasteiger partial charge in [-0.05, 0) is 174 Å². The van der Waals surface area contributed by atoms with Crippen molar-refractivity contribution in [2.24, 2.45) is 0 Å². The predicted octanol–water partition coefficient (Wildman–Crippen LogP) is 18.7. The highest BCUT2D eigenvalue weighted by atomic mass is 32.1. The third-order valence-electron chi connectivity index (χ3n) is 17.8. The Hall–Kier alpha value is -6.66. The fourth-order valence-electron chi connectivity index (χ4n) is 12.2. The van der Waals surface area contributed by atoms with E-state index < -0.39 is 0 Å². The monoisotopic (exact) mass is 982 g/mol. The van der Waals surface area contributed by atoms with Gasteiger partial charge < -0.3 is 9.80 Å². The second kappa shape index (κ2) is 16.7. The van der Waals surface area contributed by atoms with Crippen LogP contribution in [0.5, 0.6) is 0 Å². The van der Waals surface area contributed by atoms with Gasteiger partial charge in [-0.25, -0.2) is 0 Å². The van der Waals surface area contributed by atoms with Gasteiger partial charge in [0.05, 0.1) is 11.4 Å². The van der Waals surface area contributed by atoms with Crippen molar-refractivity contribution >= 4 is 131 Å². The SMILES string of the molecule is CCC(C)(C)c1ccc(N2c3cccc4c3B(c3sc5ccc(C(C)(C)CC)cc5c32)c2sc3ccc(C(C)(C)CC)cc3c2N4c2ccc(C)c(-c3cccc4c5ccccc5c5ccccc5c34)c2)cc1. The maximum absolute atomic E-state index is 2.67. The minimum absolute atomic E-state index is 0.0295. The Bertz CT molecular complexity index is 4010. The molecule has 0 unspecified atom stereocenters. The molecule has 9 aromatic carbocycles. The lowest BCUT2D eigenvalue weighted by molar-refractivity contribution is 0.506. The molecule has 2 nitrogen and oxygen atoms in total. The first-order chi connectivity index (χ1) is 35.2. The zero-order chi connectivity index (χ0) is 50.3. The fourth-order valence-corrected chi connectivity index (χ4v) is 14.8. The summed E-state index contributed by atoms with van der Waals surface area (Å²) < 4.78 is 5.54. The van der Waals surface area contributed by atoms with E-state index in [0.29, 0.717) is 0 Å². The number of fused-ring (bicyclic) bond motifs is 14. The summed E-state index contributed by atoms with van der Waals surface area (Å²) in [6.07, 6.45) is 3.22. The number of rotatable bonds is 9. The Kier molecular flexibility index (Phi) is 10.5. The smallest absolute Gasteiger partial charge is 0.277 e. The van der Waals surface area contributed by atoms with Crippen LogP contribution in [0.2, 0.25) is 0 Å². The van der Waals surface area contributed by atoms with Crippen molar-refractivity contribution in [3.8, 4) is 11.1 Å². The highest BCUT2D eigenvalue weighted by molar-refractivity contribution is 7.40. The van der Waals surface area contributed by atoms with Crippen molar-refractivity contribution in [3.63, 3.8) is 0 Å². The molecule has 0 bridgehead atoms. The van der Waals surface area contributed by atoms with Gasteiger partial charge in [-0.15, -0.1) is 22.7 Å². The summed E-state index contributed by atoms with van der Waals surface area (Å²) in [6.45, 7) is 23.6. The summed E-state index contributed by atoms with van der Waals surface area (Å²) in [6, 6.07) is 63.6. The summed E-state index contributed by atoms with van der Waals surface area (Å²) in [7, 11) is 0. The van der Waals surface area contributed by atoms with Gasteiger partial charge in [0.2, 0.25) is 0 Å². The van der Waals surface area contributed by atoms with E-state index in [-0.39, 0.29) is 23.0 Å². The lowest BCUT2D eigenvalue weighted by Gasteiger charge is -2.42. The van der Waals surface area contributed by atoms with E-state index in [1.807, 2.05) is 22.7 Å². The van der Waals surface area contributed by atoms with Gasteiger partial charge in [0.1, 0.15) is 0 Å². The molecule has 2 aliphatic heterocycles. The van der Waals surface area contributed by atoms with Gasteiger partial charge in [-0.3, -0.25) is 0 Å². The average Bonchev–Trinajstić information content (AvgIpc) is 4.01. The number of hydrogen-bond acceptors (Lipinski definition) is 4.